The standard InChI is InChI=1S/C16H20F3NO6S/c1-15(2,3)26-14(22)10-25-13(21)7-8-20-27(23,24)12-6-4-5-11(9-12)16(17,18)19/h4-6,9,20H,7-8,10H2,1-3H3. The van der Waals surface area contributed by atoms with Crippen molar-refractivity contribution in [1.82, 2.24) is 4.72 Å². The molecule has 1 aromatic carbocycles. The van der Waals surface area contributed by atoms with E-state index >= 15 is 0 Å². The van der Waals surface area contributed by atoms with Crippen molar-refractivity contribution in [2.24, 2.45) is 0 Å². The summed E-state index contributed by atoms with van der Waals surface area (Å²) in [5.41, 5.74) is -1.86. The molecule has 7 nitrogen and oxygen atoms in total. The maximum Gasteiger partial charge on any atom is 0.416 e. The van der Waals surface area contributed by atoms with E-state index in [0.29, 0.717) is 6.07 Å². The average Bonchev–Trinajstić information content (AvgIpc) is 2.50. The van der Waals surface area contributed by atoms with Crippen LogP contribution in [0, 0.1) is 0 Å². The second-order valence-electron chi connectivity index (χ2n) is 6.42. The number of carbonyl (C=O) groups excluding carboxylic acids is 2. The van der Waals surface area contributed by atoms with Gasteiger partial charge in [-0.2, -0.15) is 13.2 Å². The highest BCUT2D eigenvalue weighted by atomic mass is 32.2. The Hall–Kier alpha value is -2.14. The first-order valence-corrected chi connectivity index (χ1v) is 9.23. The van der Waals surface area contributed by atoms with E-state index in [2.05, 4.69) is 4.74 Å². The highest BCUT2D eigenvalue weighted by Crippen LogP contribution is 2.30. The SMILES string of the molecule is CC(C)(C)OC(=O)COC(=O)CCNS(=O)(=O)c1cccc(C(F)(F)F)c1. The van der Waals surface area contributed by atoms with Crippen molar-refractivity contribution in [3.05, 3.63) is 29.8 Å². The molecule has 0 spiro atoms. The number of sulfonamides is 1. The summed E-state index contributed by atoms with van der Waals surface area (Å²) in [6.07, 6.45) is -5.10. The molecule has 0 aromatic heterocycles. The van der Waals surface area contributed by atoms with Crippen molar-refractivity contribution in [3.63, 3.8) is 0 Å². The zero-order valence-electron chi connectivity index (χ0n) is 14.9. The fraction of sp³-hybridized carbons (Fsp3) is 0.500. The summed E-state index contributed by atoms with van der Waals surface area (Å²) in [6, 6.07) is 3.20. The molecule has 152 valence electrons. The van der Waals surface area contributed by atoms with Gasteiger partial charge in [0.25, 0.3) is 0 Å². The highest BCUT2D eigenvalue weighted by Gasteiger charge is 2.31. The quantitative estimate of drug-likeness (QED) is 0.691. The van der Waals surface area contributed by atoms with Gasteiger partial charge < -0.3 is 9.47 Å². The summed E-state index contributed by atoms with van der Waals surface area (Å²) in [5.74, 6) is -1.63. The summed E-state index contributed by atoms with van der Waals surface area (Å²) in [7, 11) is -4.24. The van der Waals surface area contributed by atoms with Gasteiger partial charge in [-0.05, 0) is 39.0 Å². The van der Waals surface area contributed by atoms with Crippen LogP contribution in [0.4, 0.5) is 13.2 Å². The molecule has 0 radical (unpaired) electrons. The highest BCUT2D eigenvalue weighted by molar-refractivity contribution is 7.89. The van der Waals surface area contributed by atoms with Crippen LogP contribution in [0.2, 0.25) is 0 Å². The van der Waals surface area contributed by atoms with E-state index in [9.17, 15) is 31.2 Å². The Bertz CT molecular complexity index is 784. The molecule has 0 aliphatic carbocycles. The lowest BCUT2D eigenvalue weighted by Gasteiger charge is -2.19. The lowest BCUT2D eigenvalue weighted by atomic mass is 10.2. The van der Waals surface area contributed by atoms with Crippen molar-refractivity contribution in [1.29, 1.82) is 0 Å². The second-order valence-corrected chi connectivity index (χ2v) is 8.19. The molecule has 0 saturated heterocycles. The number of benzene rings is 1. The molecule has 11 heteroatoms. The minimum atomic E-state index is -4.68. The molecule has 0 atom stereocenters. The monoisotopic (exact) mass is 411 g/mol. The number of halogens is 3. The van der Waals surface area contributed by atoms with Gasteiger partial charge in [0.1, 0.15) is 5.60 Å². The third-order valence-electron chi connectivity index (χ3n) is 2.86. The van der Waals surface area contributed by atoms with Gasteiger partial charge in [-0.3, -0.25) is 4.79 Å². The van der Waals surface area contributed by atoms with Crippen LogP contribution in [0.1, 0.15) is 32.8 Å². The number of ether oxygens (including phenoxy) is 2. The molecule has 1 aromatic rings. The number of carbonyl (C=O) groups is 2. The Labute approximate surface area is 154 Å². The van der Waals surface area contributed by atoms with Crippen LogP contribution < -0.4 is 4.72 Å². The van der Waals surface area contributed by atoms with E-state index in [-0.39, 0.29) is 0 Å². The van der Waals surface area contributed by atoms with Gasteiger partial charge in [0.15, 0.2) is 6.61 Å². The zero-order valence-corrected chi connectivity index (χ0v) is 15.7. The van der Waals surface area contributed by atoms with Gasteiger partial charge in [0.2, 0.25) is 10.0 Å². The molecule has 0 unspecified atom stereocenters. The van der Waals surface area contributed by atoms with Gasteiger partial charge >= 0.3 is 18.1 Å². The Morgan fingerprint density at radius 2 is 1.74 bits per heavy atom. The minimum Gasteiger partial charge on any atom is -0.457 e. The van der Waals surface area contributed by atoms with E-state index < -0.39 is 63.8 Å². The minimum absolute atomic E-state index is 0.411. The zero-order chi connectivity index (χ0) is 20.9. The number of hydrogen-bond donors (Lipinski definition) is 1. The Kier molecular flexibility index (Phi) is 7.38. The van der Waals surface area contributed by atoms with Crippen molar-refractivity contribution < 1.29 is 40.7 Å². The first kappa shape index (κ1) is 22.9. The fourth-order valence-corrected chi connectivity index (χ4v) is 2.87. The van der Waals surface area contributed by atoms with Crippen LogP contribution >= 0.6 is 0 Å². The van der Waals surface area contributed by atoms with E-state index in [1.165, 1.54) is 0 Å². The van der Waals surface area contributed by atoms with Crippen molar-refractivity contribution in [2.45, 2.75) is 43.9 Å². The molecule has 1 rings (SSSR count). The van der Waals surface area contributed by atoms with E-state index in [0.717, 1.165) is 18.2 Å². The van der Waals surface area contributed by atoms with E-state index in [1.807, 2.05) is 4.72 Å². The van der Waals surface area contributed by atoms with Crippen molar-refractivity contribution in [3.8, 4) is 0 Å². The van der Waals surface area contributed by atoms with Gasteiger partial charge in [-0.15, -0.1) is 0 Å². The molecular weight excluding hydrogens is 391 g/mol. The van der Waals surface area contributed by atoms with E-state index in [1.54, 1.807) is 20.8 Å². The predicted octanol–water partition coefficient (Wildman–Crippen LogP) is 2.26. The van der Waals surface area contributed by atoms with Gasteiger partial charge in [-0.25, -0.2) is 17.9 Å². The largest absolute Gasteiger partial charge is 0.457 e. The van der Waals surface area contributed by atoms with Gasteiger partial charge in [0, 0.05) is 6.54 Å². The van der Waals surface area contributed by atoms with Crippen molar-refractivity contribution >= 4 is 22.0 Å². The molecule has 27 heavy (non-hydrogen) atoms. The number of esters is 2. The smallest absolute Gasteiger partial charge is 0.416 e. The summed E-state index contributed by atoms with van der Waals surface area (Å²) >= 11 is 0. The molecule has 0 saturated carbocycles. The summed E-state index contributed by atoms with van der Waals surface area (Å²) < 4.78 is 73.5. The molecule has 0 heterocycles. The van der Waals surface area contributed by atoms with Crippen LogP contribution in [0.25, 0.3) is 0 Å². The number of alkyl halides is 3. The summed E-state index contributed by atoms with van der Waals surface area (Å²) in [6.45, 7) is 3.86. The third kappa shape index (κ3) is 8.39. The van der Waals surface area contributed by atoms with Crippen LogP contribution in [0.5, 0.6) is 0 Å². The first-order valence-electron chi connectivity index (χ1n) is 7.75. The Morgan fingerprint density at radius 1 is 1.11 bits per heavy atom. The van der Waals surface area contributed by atoms with Crippen LogP contribution in [0.3, 0.4) is 0 Å². The average molecular weight is 411 g/mol. The van der Waals surface area contributed by atoms with Crippen LogP contribution in [0.15, 0.2) is 29.2 Å². The maximum absolute atomic E-state index is 12.7. The Balaban J connectivity index is 2.53. The van der Waals surface area contributed by atoms with Gasteiger partial charge in [0.05, 0.1) is 16.9 Å². The maximum atomic E-state index is 12.7. The van der Waals surface area contributed by atoms with Crippen LogP contribution in [-0.4, -0.2) is 39.1 Å². The summed E-state index contributed by atoms with van der Waals surface area (Å²) in [5, 5.41) is 0. The molecule has 0 fully saturated rings. The lowest BCUT2D eigenvalue weighted by Crippen LogP contribution is -2.29. The molecule has 0 aliphatic rings. The molecular formula is C16H20F3NO6S. The third-order valence-corrected chi connectivity index (χ3v) is 4.32. The number of rotatable bonds is 7. The topological polar surface area (TPSA) is 98.8 Å². The predicted molar refractivity (Wildman–Crippen MR) is 88.1 cm³/mol. The number of nitrogens with one attached hydrogen (secondary N) is 1. The van der Waals surface area contributed by atoms with Crippen LogP contribution in [-0.2, 0) is 35.3 Å². The number of hydrogen-bond acceptors (Lipinski definition) is 6. The molecule has 1 N–H and O–H groups in total. The molecule has 0 aliphatic heterocycles. The Morgan fingerprint density at radius 3 is 2.30 bits per heavy atom. The normalized spacial score (nSPS) is 12.5. The lowest BCUT2D eigenvalue weighted by molar-refractivity contribution is -0.166. The van der Waals surface area contributed by atoms with Crippen molar-refractivity contribution in [2.75, 3.05) is 13.2 Å². The molecule has 0 bridgehead atoms. The van der Waals surface area contributed by atoms with Gasteiger partial charge in [-0.1, -0.05) is 6.07 Å². The van der Waals surface area contributed by atoms with E-state index in [4.69, 9.17) is 4.74 Å². The fourth-order valence-electron chi connectivity index (χ4n) is 1.79. The summed E-state index contributed by atoms with van der Waals surface area (Å²) in [4.78, 5) is 22.3. The first-order chi connectivity index (χ1) is 12.2. The second kappa shape index (κ2) is 8.70. The molecule has 0 amide bonds.